The van der Waals surface area contributed by atoms with Crippen LogP contribution in [0.4, 0.5) is 0 Å². The minimum atomic E-state index is 0.0932. The van der Waals surface area contributed by atoms with Gasteiger partial charge >= 0.3 is 0 Å². The second-order valence-electron chi connectivity index (χ2n) is 4.65. The van der Waals surface area contributed by atoms with E-state index in [4.69, 9.17) is 11.6 Å². The topological polar surface area (TPSA) is 29.1 Å². The molecule has 2 nitrogen and oxygen atoms in total. The maximum atomic E-state index is 11.8. The van der Waals surface area contributed by atoms with Crippen molar-refractivity contribution in [1.82, 2.24) is 5.32 Å². The Balaban J connectivity index is 2.23. The van der Waals surface area contributed by atoms with Gasteiger partial charge in [0.2, 0.25) is 5.91 Å². The average Bonchev–Trinajstić information content (AvgIpc) is 2.61. The molecule has 15 heavy (non-hydrogen) atoms. The SMILES string of the molecule is CCCC(Cl)CNC(=O)C1CCCC1C. The van der Waals surface area contributed by atoms with Crippen LogP contribution in [0.3, 0.4) is 0 Å². The third kappa shape index (κ3) is 4.02. The smallest absolute Gasteiger partial charge is 0.223 e. The zero-order valence-electron chi connectivity index (χ0n) is 9.76. The van der Waals surface area contributed by atoms with Gasteiger partial charge in [0.05, 0.1) is 5.38 Å². The van der Waals surface area contributed by atoms with E-state index in [0.717, 1.165) is 19.3 Å². The van der Waals surface area contributed by atoms with Crippen LogP contribution in [0.2, 0.25) is 0 Å². The molecule has 1 aliphatic carbocycles. The molecule has 0 bridgehead atoms. The van der Waals surface area contributed by atoms with E-state index >= 15 is 0 Å². The van der Waals surface area contributed by atoms with Crippen molar-refractivity contribution in [2.24, 2.45) is 11.8 Å². The number of alkyl halides is 1. The highest BCUT2D eigenvalue weighted by Gasteiger charge is 2.29. The van der Waals surface area contributed by atoms with Crippen molar-refractivity contribution < 1.29 is 4.79 Å². The fraction of sp³-hybridized carbons (Fsp3) is 0.917. The Labute approximate surface area is 97.8 Å². The lowest BCUT2D eigenvalue weighted by molar-refractivity contribution is -0.125. The summed E-state index contributed by atoms with van der Waals surface area (Å²) < 4.78 is 0. The van der Waals surface area contributed by atoms with Crippen molar-refractivity contribution in [2.75, 3.05) is 6.54 Å². The van der Waals surface area contributed by atoms with Crippen LogP contribution in [0.25, 0.3) is 0 Å². The highest BCUT2D eigenvalue weighted by Crippen LogP contribution is 2.31. The summed E-state index contributed by atoms with van der Waals surface area (Å²) in [5.74, 6) is 0.988. The van der Waals surface area contributed by atoms with Crippen molar-refractivity contribution in [3.8, 4) is 0 Å². The molecule has 88 valence electrons. The minimum absolute atomic E-state index is 0.0932. The maximum Gasteiger partial charge on any atom is 0.223 e. The molecule has 0 saturated heterocycles. The lowest BCUT2D eigenvalue weighted by atomic mass is 9.97. The largest absolute Gasteiger partial charge is 0.354 e. The molecule has 3 atom stereocenters. The number of rotatable bonds is 5. The normalized spacial score (nSPS) is 27.7. The number of carbonyl (C=O) groups is 1. The Hall–Kier alpha value is -0.240. The van der Waals surface area contributed by atoms with E-state index in [2.05, 4.69) is 19.2 Å². The van der Waals surface area contributed by atoms with Gasteiger partial charge in [-0.1, -0.05) is 26.7 Å². The summed E-state index contributed by atoms with van der Waals surface area (Å²) in [5, 5.41) is 3.06. The standard InChI is InChI=1S/C12H22ClNO/c1-3-5-10(13)8-14-12(15)11-7-4-6-9(11)2/h9-11H,3-8H2,1-2H3,(H,14,15). The molecular formula is C12H22ClNO. The predicted molar refractivity (Wildman–Crippen MR) is 64.1 cm³/mol. The number of halogens is 1. The number of nitrogens with one attached hydrogen (secondary N) is 1. The lowest BCUT2D eigenvalue weighted by Gasteiger charge is -2.16. The highest BCUT2D eigenvalue weighted by atomic mass is 35.5. The van der Waals surface area contributed by atoms with Gasteiger partial charge in [0.15, 0.2) is 0 Å². The van der Waals surface area contributed by atoms with Crippen LogP contribution in [-0.4, -0.2) is 17.8 Å². The Morgan fingerprint density at radius 2 is 2.27 bits per heavy atom. The number of carbonyl (C=O) groups excluding carboxylic acids is 1. The fourth-order valence-corrected chi connectivity index (χ4v) is 2.59. The van der Waals surface area contributed by atoms with E-state index < -0.39 is 0 Å². The monoisotopic (exact) mass is 231 g/mol. The van der Waals surface area contributed by atoms with Crippen LogP contribution in [0.1, 0.15) is 46.0 Å². The average molecular weight is 232 g/mol. The number of hydrogen-bond acceptors (Lipinski definition) is 1. The molecular weight excluding hydrogens is 210 g/mol. The van der Waals surface area contributed by atoms with Crippen LogP contribution in [0, 0.1) is 11.8 Å². The first-order chi connectivity index (χ1) is 7.15. The first-order valence-corrected chi connectivity index (χ1v) is 6.50. The second kappa shape index (κ2) is 6.37. The third-order valence-corrected chi connectivity index (χ3v) is 3.67. The molecule has 1 rings (SSSR count). The van der Waals surface area contributed by atoms with Crippen LogP contribution in [0.15, 0.2) is 0 Å². The van der Waals surface area contributed by atoms with Crippen LogP contribution < -0.4 is 5.32 Å². The summed E-state index contributed by atoms with van der Waals surface area (Å²) in [7, 11) is 0. The molecule has 0 aromatic heterocycles. The summed E-state index contributed by atoms with van der Waals surface area (Å²) in [6.45, 7) is 4.90. The zero-order chi connectivity index (χ0) is 11.3. The van der Waals surface area contributed by atoms with Gasteiger partial charge in [-0.25, -0.2) is 0 Å². The van der Waals surface area contributed by atoms with Gasteiger partial charge in [-0.15, -0.1) is 11.6 Å². The van der Waals surface area contributed by atoms with E-state index in [1.54, 1.807) is 0 Å². The molecule has 1 amide bonds. The molecule has 3 heteroatoms. The van der Waals surface area contributed by atoms with Gasteiger partial charge < -0.3 is 5.32 Å². The lowest BCUT2D eigenvalue weighted by Crippen LogP contribution is -2.35. The van der Waals surface area contributed by atoms with Gasteiger partial charge in [-0.05, 0) is 25.2 Å². The van der Waals surface area contributed by atoms with Crippen molar-refractivity contribution in [3.05, 3.63) is 0 Å². The molecule has 0 radical (unpaired) electrons. The summed E-state index contributed by atoms with van der Waals surface area (Å²) in [4.78, 5) is 11.8. The minimum Gasteiger partial charge on any atom is -0.354 e. The van der Waals surface area contributed by atoms with Crippen LogP contribution in [-0.2, 0) is 4.79 Å². The van der Waals surface area contributed by atoms with E-state index in [0.29, 0.717) is 12.5 Å². The molecule has 0 aromatic carbocycles. The summed E-state index contributed by atoms with van der Waals surface area (Å²) in [6.07, 6.45) is 5.48. The van der Waals surface area contributed by atoms with Gasteiger partial charge in [0, 0.05) is 12.5 Å². The number of amides is 1. The second-order valence-corrected chi connectivity index (χ2v) is 5.26. The maximum absolute atomic E-state index is 11.8. The van der Waals surface area contributed by atoms with E-state index in [9.17, 15) is 4.79 Å². The van der Waals surface area contributed by atoms with E-state index in [-0.39, 0.29) is 17.2 Å². The Morgan fingerprint density at radius 3 is 2.80 bits per heavy atom. The Bertz CT molecular complexity index is 208. The Morgan fingerprint density at radius 1 is 1.53 bits per heavy atom. The molecule has 0 heterocycles. The van der Waals surface area contributed by atoms with Crippen LogP contribution in [0.5, 0.6) is 0 Å². The van der Waals surface area contributed by atoms with Crippen LogP contribution >= 0.6 is 11.6 Å². The van der Waals surface area contributed by atoms with Gasteiger partial charge in [-0.2, -0.15) is 0 Å². The first kappa shape index (κ1) is 12.8. The van der Waals surface area contributed by atoms with E-state index in [1.165, 1.54) is 12.8 Å². The molecule has 0 spiro atoms. The fourth-order valence-electron chi connectivity index (χ4n) is 2.29. The van der Waals surface area contributed by atoms with Gasteiger partial charge in [0.25, 0.3) is 0 Å². The summed E-state index contributed by atoms with van der Waals surface area (Å²) >= 11 is 6.05. The quantitative estimate of drug-likeness (QED) is 0.725. The molecule has 1 saturated carbocycles. The molecule has 3 unspecified atom stereocenters. The van der Waals surface area contributed by atoms with Crippen molar-refractivity contribution >= 4 is 17.5 Å². The predicted octanol–water partition coefficient (Wildman–Crippen LogP) is 2.95. The van der Waals surface area contributed by atoms with Crippen molar-refractivity contribution in [3.63, 3.8) is 0 Å². The first-order valence-electron chi connectivity index (χ1n) is 6.07. The third-order valence-electron chi connectivity index (χ3n) is 3.30. The van der Waals surface area contributed by atoms with Gasteiger partial charge in [-0.3, -0.25) is 4.79 Å². The van der Waals surface area contributed by atoms with Crippen molar-refractivity contribution in [2.45, 2.75) is 51.3 Å². The molecule has 0 aliphatic heterocycles. The Kier molecular flexibility index (Phi) is 5.44. The highest BCUT2D eigenvalue weighted by molar-refractivity contribution is 6.20. The summed E-state index contributed by atoms with van der Waals surface area (Å²) in [6, 6.07) is 0. The molecule has 1 fully saturated rings. The summed E-state index contributed by atoms with van der Waals surface area (Å²) in [5.41, 5.74) is 0. The van der Waals surface area contributed by atoms with E-state index in [1.807, 2.05) is 0 Å². The molecule has 1 N–H and O–H groups in total. The van der Waals surface area contributed by atoms with Gasteiger partial charge in [0.1, 0.15) is 0 Å². The molecule has 1 aliphatic rings. The van der Waals surface area contributed by atoms with Crippen molar-refractivity contribution in [1.29, 1.82) is 0 Å². The number of hydrogen-bond donors (Lipinski definition) is 1. The molecule has 0 aromatic rings. The zero-order valence-corrected chi connectivity index (χ0v) is 10.5.